The van der Waals surface area contributed by atoms with Crippen LogP contribution in [0.1, 0.15) is 27.2 Å². The normalized spacial score (nSPS) is 20.2. The summed E-state index contributed by atoms with van der Waals surface area (Å²) in [5.41, 5.74) is 2.19. The molecule has 26 heavy (non-hydrogen) atoms. The second kappa shape index (κ2) is 8.06. The topological polar surface area (TPSA) is 32.8 Å². The van der Waals surface area contributed by atoms with Crippen LogP contribution >= 0.6 is 35.7 Å². The molecule has 1 amide bonds. The molecule has 0 N–H and O–H groups in total. The Hall–Kier alpha value is -1.44. The maximum Gasteiger partial charge on any atom is 0.266 e. The van der Waals surface area contributed by atoms with Gasteiger partial charge in [-0.15, -0.1) is 0 Å². The van der Waals surface area contributed by atoms with Gasteiger partial charge in [-0.05, 0) is 44.1 Å². The first-order valence-electron chi connectivity index (χ1n) is 8.65. The van der Waals surface area contributed by atoms with E-state index in [-0.39, 0.29) is 5.91 Å². The molecular formula is C19H22N2O2S3. The van der Waals surface area contributed by atoms with E-state index in [1.807, 2.05) is 13.0 Å². The quantitative estimate of drug-likeness (QED) is 0.505. The standard InChI is InChI=1S/C19H22N2O2S3/c1-5-12(17-18(22)21(7-3)19(24)26-17)10-16-20(6-2)14-11-13(23-4)8-9-15(14)25-16/h8-11H,5-7H2,1-4H3. The Labute approximate surface area is 168 Å². The summed E-state index contributed by atoms with van der Waals surface area (Å²) >= 11 is 8.50. The lowest BCUT2D eigenvalue weighted by molar-refractivity contribution is -0.122. The first-order chi connectivity index (χ1) is 12.5. The highest BCUT2D eigenvalue weighted by molar-refractivity contribution is 8.26. The molecule has 2 heterocycles. The Morgan fingerprint density at radius 3 is 2.50 bits per heavy atom. The van der Waals surface area contributed by atoms with Crippen LogP contribution in [0.2, 0.25) is 0 Å². The van der Waals surface area contributed by atoms with Gasteiger partial charge in [0, 0.05) is 24.1 Å². The van der Waals surface area contributed by atoms with Crippen LogP contribution in [-0.4, -0.2) is 35.3 Å². The number of ether oxygens (including phenoxy) is 1. The molecule has 3 rings (SSSR count). The molecule has 0 bridgehead atoms. The number of likely N-dealkylation sites (N-methyl/N-ethyl adjacent to an activating group) is 1. The summed E-state index contributed by atoms with van der Waals surface area (Å²) in [6.45, 7) is 7.63. The molecule has 0 unspecified atom stereocenters. The van der Waals surface area contributed by atoms with Crippen LogP contribution in [-0.2, 0) is 4.79 Å². The first-order valence-corrected chi connectivity index (χ1v) is 10.7. The van der Waals surface area contributed by atoms with Crippen molar-refractivity contribution in [3.8, 4) is 5.75 Å². The summed E-state index contributed by atoms with van der Waals surface area (Å²) < 4.78 is 6.02. The molecule has 0 saturated carbocycles. The lowest BCUT2D eigenvalue weighted by atomic mass is 10.1. The van der Waals surface area contributed by atoms with Gasteiger partial charge in [-0.2, -0.15) is 0 Å². The van der Waals surface area contributed by atoms with Gasteiger partial charge >= 0.3 is 0 Å². The Kier molecular flexibility index (Phi) is 5.99. The van der Waals surface area contributed by atoms with Crippen molar-refractivity contribution in [2.24, 2.45) is 0 Å². The number of methoxy groups -OCH3 is 1. The minimum absolute atomic E-state index is 0.0291. The van der Waals surface area contributed by atoms with Gasteiger partial charge in [-0.1, -0.05) is 42.7 Å². The SMILES string of the molecule is CCC(C=C1Sc2ccc(OC)cc2N1CC)=C1SC(=S)N(CC)C1=O. The Bertz CT molecular complexity index is 817. The third-order valence-electron chi connectivity index (χ3n) is 4.39. The third kappa shape index (κ3) is 3.40. The smallest absolute Gasteiger partial charge is 0.266 e. The van der Waals surface area contributed by atoms with Crippen molar-refractivity contribution in [3.63, 3.8) is 0 Å². The molecule has 1 saturated heterocycles. The number of benzene rings is 1. The minimum Gasteiger partial charge on any atom is -0.497 e. The van der Waals surface area contributed by atoms with E-state index in [0.29, 0.717) is 10.9 Å². The number of nitrogens with zero attached hydrogens (tertiary/aromatic N) is 2. The second-order valence-corrected chi connectivity index (χ2v) is 8.49. The third-order valence-corrected chi connectivity index (χ3v) is 7.01. The lowest BCUT2D eigenvalue weighted by Crippen LogP contribution is -2.27. The minimum atomic E-state index is 0.0291. The van der Waals surface area contributed by atoms with Crippen LogP contribution < -0.4 is 9.64 Å². The van der Waals surface area contributed by atoms with Crippen molar-refractivity contribution in [3.05, 3.63) is 39.8 Å². The van der Waals surface area contributed by atoms with Gasteiger partial charge in [-0.25, -0.2) is 0 Å². The zero-order chi connectivity index (χ0) is 18.8. The van der Waals surface area contributed by atoms with Crippen molar-refractivity contribution in [1.82, 2.24) is 4.90 Å². The molecule has 0 aliphatic carbocycles. The van der Waals surface area contributed by atoms with Gasteiger partial charge in [0.2, 0.25) is 0 Å². The number of hydrogen-bond donors (Lipinski definition) is 0. The molecule has 0 spiro atoms. The van der Waals surface area contributed by atoms with Crippen molar-refractivity contribution in [2.45, 2.75) is 32.1 Å². The first kappa shape index (κ1) is 19.3. The van der Waals surface area contributed by atoms with Crippen molar-refractivity contribution in [2.75, 3.05) is 25.1 Å². The molecule has 2 aliphatic rings. The largest absolute Gasteiger partial charge is 0.497 e. The predicted octanol–water partition coefficient (Wildman–Crippen LogP) is 5.01. The van der Waals surface area contributed by atoms with Gasteiger partial charge in [-0.3, -0.25) is 9.69 Å². The highest BCUT2D eigenvalue weighted by Gasteiger charge is 2.33. The fourth-order valence-corrected chi connectivity index (χ4v) is 5.65. The van der Waals surface area contributed by atoms with Gasteiger partial charge in [0.05, 0.1) is 22.7 Å². The summed E-state index contributed by atoms with van der Waals surface area (Å²) in [4.78, 5) is 18.6. The number of carbonyl (C=O) groups is 1. The van der Waals surface area contributed by atoms with E-state index in [4.69, 9.17) is 17.0 Å². The number of anilines is 1. The predicted molar refractivity (Wildman–Crippen MR) is 115 cm³/mol. The lowest BCUT2D eigenvalue weighted by Gasteiger charge is -2.19. The molecule has 0 aromatic heterocycles. The maximum atomic E-state index is 12.7. The van der Waals surface area contributed by atoms with Crippen molar-refractivity contribution >= 4 is 51.7 Å². The fraction of sp³-hybridized carbons (Fsp3) is 0.368. The second-order valence-electron chi connectivity index (χ2n) is 5.79. The summed E-state index contributed by atoms with van der Waals surface area (Å²) in [7, 11) is 1.68. The number of thiocarbonyl (C=S) groups is 1. The van der Waals surface area contributed by atoms with E-state index in [1.165, 1.54) is 16.7 Å². The Morgan fingerprint density at radius 1 is 1.19 bits per heavy atom. The number of carbonyl (C=O) groups excluding carboxylic acids is 1. The Balaban J connectivity index is 1.99. The zero-order valence-electron chi connectivity index (χ0n) is 15.4. The van der Waals surface area contributed by atoms with Crippen LogP contribution in [0.5, 0.6) is 5.75 Å². The molecule has 1 fully saturated rings. The van der Waals surface area contributed by atoms with E-state index in [2.05, 4.69) is 37.0 Å². The molecule has 0 radical (unpaired) electrons. The molecule has 1 aromatic carbocycles. The van der Waals surface area contributed by atoms with Crippen LogP contribution in [0, 0.1) is 0 Å². The number of allylic oxidation sites excluding steroid dienone is 2. The van der Waals surface area contributed by atoms with E-state index >= 15 is 0 Å². The van der Waals surface area contributed by atoms with E-state index in [9.17, 15) is 4.79 Å². The number of fused-ring (bicyclic) bond motifs is 1. The summed E-state index contributed by atoms with van der Waals surface area (Å²) in [5, 5.41) is 1.13. The average Bonchev–Trinajstić information content (AvgIpc) is 3.14. The summed E-state index contributed by atoms with van der Waals surface area (Å²) in [5.74, 6) is 0.880. The molecular weight excluding hydrogens is 384 g/mol. The van der Waals surface area contributed by atoms with Crippen molar-refractivity contribution < 1.29 is 9.53 Å². The average molecular weight is 407 g/mol. The van der Waals surface area contributed by atoms with E-state index < -0.39 is 0 Å². The molecule has 1 aromatic rings. The van der Waals surface area contributed by atoms with Crippen LogP contribution in [0.15, 0.2) is 44.7 Å². The highest BCUT2D eigenvalue weighted by Crippen LogP contribution is 2.48. The number of rotatable bonds is 5. The van der Waals surface area contributed by atoms with Crippen molar-refractivity contribution in [1.29, 1.82) is 0 Å². The summed E-state index contributed by atoms with van der Waals surface area (Å²) in [6.07, 6.45) is 2.93. The highest BCUT2D eigenvalue weighted by atomic mass is 32.2. The van der Waals surface area contributed by atoms with E-state index in [1.54, 1.807) is 23.8 Å². The maximum absolute atomic E-state index is 12.7. The molecule has 138 valence electrons. The molecule has 0 atom stereocenters. The summed E-state index contributed by atoms with van der Waals surface area (Å²) in [6, 6.07) is 6.13. The number of amides is 1. The molecule has 4 nitrogen and oxygen atoms in total. The monoisotopic (exact) mass is 406 g/mol. The van der Waals surface area contributed by atoms with Gasteiger partial charge < -0.3 is 9.64 Å². The van der Waals surface area contributed by atoms with Gasteiger partial charge in [0.1, 0.15) is 10.1 Å². The Morgan fingerprint density at radius 2 is 1.92 bits per heavy atom. The van der Waals surface area contributed by atoms with Crippen LogP contribution in [0.3, 0.4) is 0 Å². The zero-order valence-corrected chi connectivity index (χ0v) is 17.8. The molecule has 7 heteroatoms. The fourth-order valence-electron chi connectivity index (χ4n) is 2.99. The molecule has 2 aliphatic heterocycles. The van der Waals surface area contributed by atoms with E-state index in [0.717, 1.165) is 39.9 Å². The number of thioether (sulfide) groups is 2. The number of hydrogen-bond acceptors (Lipinski definition) is 6. The van der Waals surface area contributed by atoms with Crippen LogP contribution in [0.4, 0.5) is 5.69 Å². The van der Waals surface area contributed by atoms with Crippen LogP contribution in [0.25, 0.3) is 0 Å². The van der Waals surface area contributed by atoms with Gasteiger partial charge in [0.25, 0.3) is 5.91 Å². The van der Waals surface area contributed by atoms with Gasteiger partial charge in [0.15, 0.2) is 0 Å².